The lowest BCUT2D eigenvalue weighted by molar-refractivity contribution is 0.0272. The Morgan fingerprint density at radius 2 is 2.18 bits per heavy atom. The third-order valence-electron chi connectivity index (χ3n) is 3.11. The standard InChI is InChI=1S/C12H18N2O2S/c1-9-7-10(15)14-11(13-9)17-8-12(16)5-3-2-4-6-12/h7,16H,2-6,8H2,1H3,(H,13,14,15). The number of aryl methyl sites for hydroxylation is 1. The van der Waals surface area contributed by atoms with Gasteiger partial charge >= 0.3 is 0 Å². The number of thioether (sulfide) groups is 1. The highest BCUT2D eigenvalue weighted by molar-refractivity contribution is 7.99. The lowest BCUT2D eigenvalue weighted by atomic mass is 9.86. The highest BCUT2D eigenvalue weighted by Crippen LogP contribution is 2.32. The molecule has 0 saturated heterocycles. The van der Waals surface area contributed by atoms with E-state index in [1.165, 1.54) is 24.2 Å². The predicted molar refractivity (Wildman–Crippen MR) is 68.4 cm³/mol. The lowest BCUT2D eigenvalue weighted by Gasteiger charge is -2.31. The van der Waals surface area contributed by atoms with E-state index < -0.39 is 5.60 Å². The first kappa shape index (κ1) is 12.6. The number of aromatic amines is 1. The molecule has 0 atom stereocenters. The summed E-state index contributed by atoms with van der Waals surface area (Å²) in [6, 6.07) is 1.47. The fraction of sp³-hybridized carbons (Fsp3) is 0.667. The number of hydrogen-bond acceptors (Lipinski definition) is 4. The van der Waals surface area contributed by atoms with Gasteiger partial charge in [-0.1, -0.05) is 31.0 Å². The maximum atomic E-state index is 11.3. The maximum absolute atomic E-state index is 11.3. The van der Waals surface area contributed by atoms with E-state index >= 15 is 0 Å². The molecule has 0 unspecified atom stereocenters. The minimum absolute atomic E-state index is 0.129. The molecule has 1 aliphatic rings. The Balaban J connectivity index is 1.99. The van der Waals surface area contributed by atoms with Gasteiger partial charge in [0, 0.05) is 17.5 Å². The molecule has 1 fully saturated rings. The van der Waals surface area contributed by atoms with E-state index in [-0.39, 0.29) is 5.56 Å². The van der Waals surface area contributed by atoms with Gasteiger partial charge < -0.3 is 10.1 Å². The van der Waals surface area contributed by atoms with E-state index in [1.54, 1.807) is 6.92 Å². The third-order valence-corrected chi connectivity index (χ3v) is 4.26. The van der Waals surface area contributed by atoms with Gasteiger partial charge in [0.15, 0.2) is 5.16 Å². The second-order valence-corrected chi connectivity index (χ2v) is 5.73. The Labute approximate surface area is 105 Å². The zero-order valence-electron chi connectivity index (χ0n) is 10.0. The molecule has 2 N–H and O–H groups in total. The topological polar surface area (TPSA) is 66.0 Å². The maximum Gasteiger partial charge on any atom is 0.251 e. The second kappa shape index (κ2) is 5.23. The van der Waals surface area contributed by atoms with Crippen molar-refractivity contribution < 1.29 is 5.11 Å². The van der Waals surface area contributed by atoms with Crippen LogP contribution in [0.25, 0.3) is 0 Å². The molecular weight excluding hydrogens is 236 g/mol. The van der Waals surface area contributed by atoms with Gasteiger partial charge in [0.2, 0.25) is 0 Å². The molecule has 0 aliphatic heterocycles. The molecule has 1 aliphatic carbocycles. The zero-order valence-corrected chi connectivity index (χ0v) is 10.8. The van der Waals surface area contributed by atoms with Crippen molar-refractivity contribution in [1.29, 1.82) is 0 Å². The predicted octanol–water partition coefficient (Wildman–Crippen LogP) is 1.87. The number of aromatic nitrogens is 2. The molecular formula is C12H18N2O2S. The molecule has 1 saturated carbocycles. The van der Waals surface area contributed by atoms with Crippen LogP contribution in [0.1, 0.15) is 37.8 Å². The summed E-state index contributed by atoms with van der Waals surface area (Å²) >= 11 is 1.44. The van der Waals surface area contributed by atoms with Gasteiger partial charge in [-0.3, -0.25) is 4.79 Å². The SMILES string of the molecule is Cc1cc(=O)[nH]c(SCC2(O)CCCCC2)n1. The zero-order chi connectivity index (χ0) is 12.3. The first-order valence-corrected chi connectivity index (χ1v) is 6.99. The minimum atomic E-state index is -0.578. The van der Waals surface area contributed by atoms with Gasteiger partial charge in [0.1, 0.15) is 0 Å². The Kier molecular flexibility index (Phi) is 3.89. The molecule has 94 valence electrons. The number of aliphatic hydroxyl groups is 1. The van der Waals surface area contributed by atoms with Crippen molar-refractivity contribution >= 4 is 11.8 Å². The van der Waals surface area contributed by atoms with Crippen molar-refractivity contribution in [3.8, 4) is 0 Å². The average molecular weight is 254 g/mol. The number of rotatable bonds is 3. The van der Waals surface area contributed by atoms with Crippen molar-refractivity contribution in [1.82, 2.24) is 9.97 Å². The fourth-order valence-corrected chi connectivity index (χ4v) is 3.25. The molecule has 4 nitrogen and oxygen atoms in total. The molecule has 1 aromatic rings. The number of H-pyrrole nitrogens is 1. The van der Waals surface area contributed by atoms with Crippen LogP contribution in [0.3, 0.4) is 0 Å². The summed E-state index contributed by atoms with van der Waals surface area (Å²) in [4.78, 5) is 18.2. The number of hydrogen-bond donors (Lipinski definition) is 2. The van der Waals surface area contributed by atoms with Gasteiger partial charge in [-0.2, -0.15) is 0 Å². The summed E-state index contributed by atoms with van der Waals surface area (Å²) in [5.74, 6) is 0.611. The van der Waals surface area contributed by atoms with Crippen LogP contribution < -0.4 is 5.56 Å². The summed E-state index contributed by atoms with van der Waals surface area (Å²) in [6.45, 7) is 1.80. The Morgan fingerprint density at radius 3 is 2.82 bits per heavy atom. The summed E-state index contributed by atoms with van der Waals surface area (Å²) in [6.07, 6.45) is 5.11. The van der Waals surface area contributed by atoms with Gasteiger partial charge in [-0.15, -0.1) is 0 Å². The second-order valence-electron chi connectivity index (χ2n) is 4.77. The van der Waals surface area contributed by atoms with Gasteiger partial charge in [0.25, 0.3) is 5.56 Å². The van der Waals surface area contributed by atoms with Crippen LogP contribution in [0, 0.1) is 6.92 Å². The van der Waals surface area contributed by atoms with Crippen molar-refractivity contribution in [3.63, 3.8) is 0 Å². The van der Waals surface area contributed by atoms with E-state index in [2.05, 4.69) is 9.97 Å². The monoisotopic (exact) mass is 254 g/mol. The van der Waals surface area contributed by atoms with Crippen LogP contribution in [-0.2, 0) is 0 Å². The summed E-state index contributed by atoms with van der Waals surface area (Å²) in [5, 5.41) is 10.9. The molecule has 0 bridgehead atoms. The lowest BCUT2D eigenvalue weighted by Crippen LogP contribution is -2.34. The summed E-state index contributed by atoms with van der Waals surface area (Å²) < 4.78 is 0. The van der Waals surface area contributed by atoms with Crippen molar-refractivity contribution in [2.75, 3.05) is 5.75 Å². The smallest absolute Gasteiger partial charge is 0.251 e. The van der Waals surface area contributed by atoms with Gasteiger partial charge in [0.05, 0.1) is 5.60 Å². The van der Waals surface area contributed by atoms with Crippen LogP contribution in [-0.4, -0.2) is 26.4 Å². The fourth-order valence-electron chi connectivity index (χ4n) is 2.18. The quantitative estimate of drug-likeness (QED) is 0.638. The van der Waals surface area contributed by atoms with Crippen LogP contribution >= 0.6 is 11.8 Å². The summed E-state index contributed by atoms with van der Waals surface area (Å²) in [7, 11) is 0. The molecule has 1 heterocycles. The highest BCUT2D eigenvalue weighted by Gasteiger charge is 2.29. The molecule has 0 amide bonds. The Hall–Kier alpha value is -0.810. The van der Waals surface area contributed by atoms with Crippen molar-refractivity contribution in [2.24, 2.45) is 0 Å². The van der Waals surface area contributed by atoms with Gasteiger partial charge in [-0.05, 0) is 19.8 Å². The van der Waals surface area contributed by atoms with Gasteiger partial charge in [-0.25, -0.2) is 4.98 Å². The van der Waals surface area contributed by atoms with E-state index in [0.717, 1.165) is 25.7 Å². The van der Waals surface area contributed by atoms with Crippen LogP contribution in [0.2, 0.25) is 0 Å². The van der Waals surface area contributed by atoms with Crippen molar-refractivity contribution in [2.45, 2.75) is 49.8 Å². The van der Waals surface area contributed by atoms with Crippen LogP contribution in [0.4, 0.5) is 0 Å². The third kappa shape index (κ3) is 3.57. The average Bonchev–Trinajstić information content (AvgIpc) is 2.26. The Morgan fingerprint density at radius 1 is 1.47 bits per heavy atom. The molecule has 1 aromatic heterocycles. The van der Waals surface area contributed by atoms with E-state index in [4.69, 9.17) is 0 Å². The summed E-state index contributed by atoms with van der Waals surface area (Å²) in [5.41, 5.74) is 0.00752. The molecule has 5 heteroatoms. The Bertz CT molecular complexity index is 438. The first-order valence-electron chi connectivity index (χ1n) is 6.01. The van der Waals surface area contributed by atoms with Crippen LogP contribution in [0.5, 0.6) is 0 Å². The molecule has 0 radical (unpaired) electrons. The number of nitrogens with zero attached hydrogens (tertiary/aromatic N) is 1. The van der Waals surface area contributed by atoms with Crippen molar-refractivity contribution in [3.05, 3.63) is 22.1 Å². The molecule has 0 spiro atoms. The van der Waals surface area contributed by atoms with Crippen LogP contribution in [0.15, 0.2) is 16.0 Å². The first-order chi connectivity index (χ1) is 8.07. The highest BCUT2D eigenvalue weighted by atomic mass is 32.2. The minimum Gasteiger partial charge on any atom is -0.389 e. The van der Waals surface area contributed by atoms with E-state index in [9.17, 15) is 9.90 Å². The largest absolute Gasteiger partial charge is 0.389 e. The number of nitrogens with one attached hydrogen (secondary N) is 1. The normalized spacial score (nSPS) is 19.2. The molecule has 0 aromatic carbocycles. The van der Waals surface area contributed by atoms with E-state index in [1.807, 2.05) is 0 Å². The molecule has 2 rings (SSSR count). The van der Waals surface area contributed by atoms with E-state index in [0.29, 0.717) is 16.6 Å². The molecule has 17 heavy (non-hydrogen) atoms.